The van der Waals surface area contributed by atoms with Crippen LogP contribution in [-0.2, 0) is 13.6 Å². The highest BCUT2D eigenvalue weighted by Crippen LogP contribution is 2.20. The number of carbonyl (C=O) groups excluding carboxylic acids is 1. The van der Waals surface area contributed by atoms with E-state index in [0.717, 1.165) is 11.4 Å². The zero-order valence-corrected chi connectivity index (χ0v) is 11.7. The van der Waals surface area contributed by atoms with Crippen LogP contribution in [0.3, 0.4) is 0 Å². The van der Waals surface area contributed by atoms with Gasteiger partial charge in [0.2, 0.25) is 0 Å². The predicted molar refractivity (Wildman–Crippen MR) is 79.4 cm³/mol. The molecule has 4 N–H and O–H groups in total. The summed E-state index contributed by atoms with van der Waals surface area (Å²) < 4.78 is 1.75. The molecular weight excluding hydrogens is 254 g/mol. The molecule has 0 saturated carbocycles. The zero-order valence-electron chi connectivity index (χ0n) is 11.7. The van der Waals surface area contributed by atoms with Crippen molar-refractivity contribution in [3.63, 3.8) is 0 Å². The minimum Gasteiger partial charge on any atom is -0.397 e. The van der Waals surface area contributed by atoms with Crippen molar-refractivity contribution in [2.24, 2.45) is 7.05 Å². The summed E-state index contributed by atoms with van der Waals surface area (Å²) >= 11 is 0. The molecule has 1 amide bonds. The highest BCUT2D eigenvalue weighted by atomic mass is 16.1. The number of amides is 1. The van der Waals surface area contributed by atoms with E-state index in [2.05, 4.69) is 15.7 Å². The standard InChI is InChI=1S/C14H19N5O/c1-3-16-14(20)10-4-5-13(12(15)8-10)17-9-11-6-7-19(2)18-11/h4-8,17H,3,9,15H2,1-2H3,(H,16,20). The topological polar surface area (TPSA) is 85.0 Å². The number of nitrogens with zero attached hydrogens (tertiary/aromatic N) is 2. The van der Waals surface area contributed by atoms with Gasteiger partial charge in [-0.1, -0.05) is 0 Å². The van der Waals surface area contributed by atoms with Crippen molar-refractivity contribution >= 4 is 17.3 Å². The second-order valence-electron chi connectivity index (χ2n) is 4.50. The van der Waals surface area contributed by atoms with Crippen molar-refractivity contribution in [2.45, 2.75) is 13.5 Å². The summed E-state index contributed by atoms with van der Waals surface area (Å²) in [7, 11) is 1.87. The van der Waals surface area contributed by atoms with Gasteiger partial charge in [-0.05, 0) is 31.2 Å². The molecule has 2 rings (SSSR count). The third-order valence-electron chi connectivity index (χ3n) is 2.88. The number of aryl methyl sites for hydroxylation is 1. The largest absolute Gasteiger partial charge is 0.397 e. The molecule has 0 fully saturated rings. The van der Waals surface area contributed by atoms with Crippen LogP contribution >= 0.6 is 0 Å². The Labute approximate surface area is 118 Å². The second-order valence-corrected chi connectivity index (χ2v) is 4.50. The van der Waals surface area contributed by atoms with Gasteiger partial charge in [-0.2, -0.15) is 5.10 Å². The minimum absolute atomic E-state index is 0.115. The maximum Gasteiger partial charge on any atom is 0.251 e. The van der Waals surface area contributed by atoms with Crippen molar-refractivity contribution in [3.8, 4) is 0 Å². The number of benzene rings is 1. The predicted octanol–water partition coefficient (Wildman–Crippen LogP) is 1.36. The fourth-order valence-corrected chi connectivity index (χ4v) is 1.87. The van der Waals surface area contributed by atoms with Crippen LogP contribution in [0.4, 0.5) is 11.4 Å². The van der Waals surface area contributed by atoms with E-state index in [1.165, 1.54) is 0 Å². The molecule has 0 bridgehead atoms. The van der Waals surface area contributed by atoms with Crippen molar-refractivity contribution < 1.29 is 4.79 Å². The fourth-order valence-electron chi connectivity index (χ4n) is 1.87. The van der Waals surface area contributed by atoms with Crippen LogP contribution in [-0.4, -0.2) is 22.2 Å². The van der Waals surface area contributed by atoms with E-state index in [0.29, 0.717) is 24.3 Å². The second kappa shape index (κ2) is 6.10. The van der Waals surface area contributed by atoms with Gasteiger partial charge in [0.05, 0.1) is 23.6 Å². The van der Waals surface area contributed by atoms with Crippen LogP contribution in [0.1, 0.15) is 23.0 Å². The molecule has 0 aliphatic heterocycles. The molecule has 0 aliphatic carbocycles. The van der Waals surface area contributed by atoms with Gasteiger partial charge in [-0.15, -0.1) is 0 Å². The minimum atomic E-state index is -0.115. The number of rotatable bonds is 5. The van der Waals surface area contributed by atoms with Crippen molar-refractivity contribution in [2.75, 3.05) is 17.6 Å². The lowest BCUT2D eigenvalue weighted by Gasteiger charge is -2.10. The van der Waals surface area contributed by atoms with Gasteiger partial charge in [0.1, 0.15) is 0 Å². The molecule has 6 heteroatoms. The summed E-state index contributed by atoms with van der Waals surface area (Å²) in [5.74, 6) is -0.115. The Bertz CT molecular complexity index is 605. The lowest BCUT2D eigenvalue weighted by molar-refractivity contribution is 0.0956. The Balaban J connectivity index is 2.04. The molecule has 1 heterocycles. The van der Waals surface area contributed by atoms with Crippen molar-refractivity contribution in [3.05, 3.63) is 41.7 Å². The van der Waals surface area contributed by atoms with Crippen LogP contribution in [0, 0.1) is 0 Å². The normalized spacial score (nSPS) is 10.3. The highest BCUT2D eigenvalue weighted by molar-refractivity contribution is 5.96. The monoisotopic (exact) mass is 273 g/mol. The van der Waals surface area contributed by atoms with Gasteiger partial charge < -0.3 is 16.4 Å². The van der Waals surface area contributed by atoms with E-state index in [1.54, 1.807) is 16.8 Å². The van der Waals surface area contributed by atoms with Gasteiger partial charge in [-0.25, -0.2) is 0 Å². The summed E-state index contributed by atoms with van der Waals surface area (Å²) in [5, 5.41) is 10.2. The van der Waals surface area contributed by atoms with Crippen LogP contribution in [0.15, 0.2) is 30.5 Å². The molecule has 106 valence electrons. The van der Waals surface area contributed by atoms with Crippen LogP contribution in [0.2, 0.25) is 0 Å². The maximum atomic E-state index is 11.7. The number of anilines is 2. The summed E-state index contributed by atoms with van der Waals surface area (Å²) in [4.78, 5) is 11.7. The number of nitrogens with one attached hydrogen (secondary N) is 2. The van der Waals surface area contributed by atoms with E-state index in [9.17, 15) is 4.79 Å². The molecule has 0 saturated heterocycles. The van der Waals surface area contributed by atoms with Gasteiger partial charge in [-0.3, -0.25) is 9.48 Å². The quantitative estimate of drug-likeness (QED) is 0.718. The number of aromatic nitrogens is 2. The number of carbonyl (C=O) groups is 1. The van der Waals surface area contributed by atoms with E-state index >= 15 is 0 Å². The van der Waals surface area contributed by atoms with Gasteiger partial charge >= 0.3 is 0 Å². The fraction of sp³-hybridized carbons (Fsp3) is 0.286. The average Bonchev–Trinajstić information content (AvgIpc) is 2.83. The highest BCUT2D eigenvalue weighted by Gasteiger charge is 2.07. The van der Waals surface area contributed by atoms with Gasteiger partial charge in [0.15, 0.2) is 0 Å². The Morgan fingerprint density at radius 2 is 2.20 bits per heavy atom. The molecule has 0 unspecified atom stereocenters. The number of nitrogens with two attached hydrogens (primary N) is 1. The molecule has 0 radical (unpaired) electrons. The summed E-state index contributed by atoms with van der Waals surface area (Å²) in [6, 6.07) is 7.17. The molecular formula is C14H19N5O. The van der Waals surface area contributed by atoms with E-state index < -0.39 is 0 Å². The third kappa shape index (κ3) is 3.28. The Hall–Kier alpha value is -2.50. The van der Waals surface area contributed by atoms with Gasteiger partial charge in [0.25, 0.3) is 5.91 Å². The molecule has 2 aromatic rings. The van der Waals surface area contributed by atoms with Crippen molar-refractivity contribution in [1.29, 1.82) is 0 Å². The molecule has 0 aliphatic rings. The van der Waals surface area contributed by atoms with Gasteiger partial charge in [0, 0.05) is 25.4 Å². The summed E-state index contributed by atoms with van der Waals surface area (Å²) in [6.45, 7) is 3.06. The number of hydrogen-bond donors (Lipinski definition) is 3. The SMILES string of the molecule is CCNC(=O)c1ccc(NCc2ccn(C)n2)c(N)c1. The lowest BCUT2D eigenvalue weighted by Crippen LogP contribution is -2.22. The van der Waals surface area contributed by atoms with E-state index in [1.807, 2.05) is 32.3 Å². The van der Waals surface area contributed by atoms with Crippen molar-refractivity contribution in [1.82, 2.24) is 15.1 Å². The first-order chi connectivity index (χ1) is 9.60. The molecule has 1 aromatic carbocycles. The molecule has 0 spiro atoms. The molecule has 0 atom stereocenters. The summed E-state index contributed by atoms with van der Waals surface area (Å²) in [5.41, 5.74) is 8.79. The lowest BCUT2D eigenvalue weighted by atomic mass is 10.1. The Morgan fingerprint density at radius 1 is 1.40 bits per heavy atom. The molecule has 6 nitrogen and oxygen atoms in total. The zero-order chi connectivity index (χ0) is 14.5. The Kier molecular flexibility index (Phi) is 4.24. The Morgan fingerprint density at radius 3 is 2.80 bits per heavy atom. The summed E-state index contributed by atoms with van der Waals surface area (Å²) in [6.07, 6.45) is 1.89. The van der Waals surface area contributed by atoms with Crippen LogP contribution < -0.4 is 16.4 Å². The first kappa shape index (κ1) is 13.9. The van der Waals surface area contributed by atoms with Crippen LogP contribution in [0.5, 0.6) is 0 Å². The smallest absolute Gasteiger partial charge is 0.251 e. The average molecular weight is 273 g/mol. The number of hydrogen-bond acceptors (Lipinski definition) is 4. The number of nitrogen functional groups attached to an aromatic ring is 1. The first-order valence-corrected chi connectivity index (χ1v) is 6.50. The maximum absolute atomic E-state index is 11.7. The van der Waals surface area contributed by atoms with E-state index in [4.69, 9.17) is 5.73 Å². The molecule has 1 aromatic heterocycles. The molecule has 20 heavy (non-hydrogen) atoms. The first-order valence-electron chi connectivity index (χ1n) is 6.50. The third-order valence-corrected chi connectivity index (χ3v) is 2.88. The van der Waals surface area contributed by atoms with Crippen LogP contribution in [0.25, 0.3) is 0 Å². The van der Waals surface area contributed by atoms with E-state index in [-0.39, 0.29) is 5.91 Å².